The number of aromatic nitrogens is 2. The summed E-state index contributed by atoms with van der Waals surface area (Å²) in [4.78, 5) is 66.1. The predicted octanol–water partition coefficient (Wildman–Crippen LogP) is 1.84. The predicted molar refractivity (Wildman–Crippen MR) is 102 cm³/mol. The molecule has 9 nitrogen and oxygen atoms in total. The van der Waals surface area contributed by atoms with Gasteiger partial charge in [-0.3, -0.25) is 5.32 Å². The molecule has 2 heterocycles. The van der Waals surface area contributed by atoms with E-state index < -0.39 is 21.4 Å². The molecule has 26 heavy (non-hydrogen) atoms. The molecule has 0 radical (unpaired) electrons. The standard InChI is InChI=1S/C14H17N3O6P2S/c1-8-2-4-9(5-3-8)11-6-10-12(15-7-16-13(10)26-11)17-14(24(18,19)20)25(21,22)23/h2-7,14,18-23H,1H3,(H,15,16,17)/q+2. The number of thiophene rings is 1. The van der Waals surface area contributed by atoms with Crippen LogP contribution in [0.25, 0.3) is 20.7 Å². The topological polar surface area (TPSA) is 159 Å². The molecule has 0 saturated carbocycles. The summed E-state index contributed by atoms with van der Waals surface area (Å²) < 4.78 is 0. The summed E-state index contributed by atoms with van der Waals surface area (Å²) >= 11 is 1.36. The third-order valence-electron chi connectivity index (χ3n) is 3.59. The molecule has 0 aliphatic carbocycles. The summed E-state index contributed by atoms with van der Waals surface area (Å²) in [5.74, 6) is 0.0256. The average molecular weight is 417 g/mol. The van der Waals surface area contributed by atoms with Gasteiger partial charge in [-0.15, -0.1) is 11.3 Å². The van der Waals surface area contributed by atoms with Crippen molar-refractivity contribution in [3.63, 3.8) is 0 Å². The lowest BCUT2D eigenvalue weighted by Gasteiger charge is -2.18. The zero-order valence-electron chi connectivity index (χ0n) is 13.4. The van der Waals surface area contributed by atoms with Gasteiger partial charge >= 0.3 is 21.4 Å². The number of anilines is 1. The van der Waals surface area contributed by atoms with Crippen LogP contribution in [0.1, 0.15) is 5.56 Å². The second kappa shape index (κ2) is 7.01. The number of hydrogen-bond acceptors (Lipinski definition) is 10. The molecule has 1 aromatic carbocycles. The molecule has 0 saturated heterocycles. The highest BCUT2D eigenvalue weighted by Gasteiger charge is 2.64. The summed E-state index contributed by atoms with van der Waals surface area (Å²) in [6.07, 6.45) is 1.20. The van der Waals surface area contributed by atoms with Crippen LogP contribution < -0.4 is 5.32 Å². The molecule has 0 fully saturated rings. The Labute approximate surface area is 153 Å². The summed E-state index contributed by atoms with van der Waals surface area (Å²) in [5.41, 5.74) is -0.0956. The van der Waals surface area contributed by atoms with Crippen molar-refractivity contribution in [2.45, 2.75) is 12.4 Å². The number of nitrogens with one attached hydrogen (secondary N) is 1. The van der Waals surface area contributed by atoms with Crippen LogP contribution in [0, 0.1) is 6.92 Å². The van der Waals surface area contributed by atoms with Gasteiger partial charge in [-0.05, 0) is 18.6 Å². The summed E-state index contributed by atoms with van der Waals surface area (Å²) in [6.45, 7) is 1.98. The van der Waals surface area contributed by atoms with Crippen LogP contribution in [-0.2, 0) is 0 Å². The molecular weight excluding hydrogens is 400 g/mol. The minimum absolute atomic E-state index is 0.0256. The number of nitrogens with zero attached hydrogens (tertiary/aromatic N) is 2. The maximum Gasteiger partial charge on any atom is 0.478 e. The molecule has 0 bridgehead atoms. The fourth-order valence-electron chi connectivity index (χ4n) is 2.33. The van der Waals surface area contributed by atoms with E-state index in [0.717, 1.165) is 16.0 Å². The van der Waals surface area contributed by atoms with Crippen LogP contribution in [0.15, 0.2) is 36.7 Å². The number of rotatable bonds is 5. The zero-order valence-corrected chi connectivity index (χ0v) is 16.0. The number of aryl methyl sites for hydroxylation is 1. The SMILES string of the molecule is Cc1ccc(-c2cc3c(NC([P+](O)(O)O)[P+](O)(O)O)ncnc3s2)cc1. The molecular formula is C14H17N3O6P2S+2. The normalized spacial score (nSPS) is 12.8. The van der Waals surface area contributed by atoms with Gasteiger partial charge in [0.05, 0.1) is 5.39 Å². The van der Waals surface area contributed by atoms with Crippen LogP contribution in [0.4, 0.5) is 5.82 Å². The van der Waals surface area contributed by atoms with E-state index in [1.54, 1.807) is 6.07 Å². The highest BCUT2D eigenvalue weighted by atomic mass is 32.1. The van der Waals surface area contributed by atoms with Crippen molar-refractivity contribution < 1.29 is 29.4 Å². The van der Waals surface area contributed by atoms with E-state index in [4.69, 9.17) is 0 Å². The van der Waals surface area contributed by atoms with Crippen LogP contribution in [-0.4, -0.2) is 44.9 Å². The van der Waals surface area contributed by atoms with Crippen LogP contribution in [0.2, 0.25) is 0 Å². The van der Waals surface area contributed by atoms with Crippen LogP contribution >= 0.6 is 27.2 Å². The van der Waals surface area contributed by atoms with Crippen LogP contribution in [0.5, 0.6) is 0 Å². The first kappa shape index (κ1) is 19.4. The van der Waals surface area contributed by atoms with E-state index in [1.807, 2.05) is 31.2 Å². The maximum absolute atomic E-state index is 9.42. The molecule has 0 aliphatic rings. The van der Waals surface area contributed by atoms with Gasteiger partial charge in [0.1, 0.15) is 17.0 Å². The molecule has 138 valence electrons. The van der Waals surface area contributed by atoms with E-state index >= 15 is 0 Å². The van der Waals surface area contributed by atoms with Crippen molar-refractivity contribution in [2.75, 3.05) is 5.32 Å². The molecule has 0 aliphatic heterocycles. The summed E-state index contributed by atoms with van der Waals surface area (Å²) in [7, 11) is -9.63. The van der Waals surface area contributed by atoms with Gasteiger partial charge in [0.15, 0.2) is 0 Å². The van der Waals surface area contributed by atoms with Crippen molar-refractivity contribution in [1.82, 2.24) is 9.97 Å². The molecule has 0 atom stereocenters. The fourth-order valence-corrected chi connectivity index (χ4v) is 5.59. The minimum Gasteiger partial charge on any atom is -0.290 e. The van der Waals surface area contributed by atoms with Gasteiger partial charge in [-0.2, -0.15) is 29.4 Å². The van der Waals surface area contributed by atoms with Crippen molar-refractivity contribution >= 4 is 43.3 Å². The first-order valence-corrected chi connectivity index (χ1v) is 11.5. The van der Waals surface area contributed by atoms with Gasteiger partial charge in [-0.1, -0.05) is 29.8 Å². The highest BCUT2D eigenvalue weighted by molar-refractivity contribution is 7.77. The van der Waals surface area contributed by atoms with Gasteiger partial charge in [-0.25, -0.2) is 9.97 Å². The molecule has 12 heteroatoms. The van der Waals surface area contributed by atoms with E-state index in [1.165, 1.54) is 17.7 Å². The lowest BCUT2D eigenvalue weighted by molar-refractivity contribution is 0.296. The minimum atomic E-state index is -4.82. The molecule has 0 unspecified atom stereocenters. The smallest absolute Gasteiger partial charge is 0.290 e. The lowest BCUT2D eigenvalue weighted by atomic mass is 10.1. The van der Waals surface area contributed by atoms with E-state index in [0.29, 0.717) is 10.2 Å². The second-order valence-corrected chi connectivity index (χ2v) is 10.6. The zero-order chi connectivity index (χ0) is 19.1. The molecule has 3 aromatic rings. The van der Waals surface area contributed by atoms with E-state index in [2.05, 4.69) is 15.3 Å². The first-order chi connectivity index (χ1) is 12.1. The fraction of sp³-hybridized carbons (Fsp3) is 0.143. The van der Waals surface area contributed by atoms with E-state index in [-0.39, 0.29) is 5.82 Å². The summed E-state index contributed by atoms with van der Waals surface area (Å²) in [6, 6.07) is 9.57. The Hall–Kier alpha value is -1.32. The monoisotopic (exact) mass is 417 g/mol. The van der Waals surface area contributed by atoms with Gasteiger partial charge in [0.25, 0.3) is 0 Å². The Kier molecular flexibility index (Phi) is 5.24. The number of hydrogen-bond donors (Lipinski definition) is 7. The Morgan fingerprint density at radius 2 is 1.58 bits per heavy atom. The van der Waals surface area contributed by atoms with Gasteiger partial charge in [0.2, 0.25) is 0 Å². The third kappa shape index (κ3) is 4.15. The molecule has 0 spiro atoms. The van der Waals surface area contributed by atoms with Crippen molar-refractivity contribution in [1.29, 1.82) is 0 Å². The number of fused-ring (bicyclic) bond motifs is 1. The Morgan fingerprint density at radius 3 is 2.15 bits per heavy atom. The Bertz CT molecular complexity index is 909. The Balaban J connectivity index is 2.03. The molecule has 7 N–H and O–H groups in total. The quantitative estimate of drug-likeness (QED) is 0.307. The summed E-state index contributed by atoms with van der Waals surface area (Å²) in [5, 5.41) is 2.80. The maximum atomic E-state index is 9.42. The number of benzene rings is 1. The third-order valence-corrected chi connectivity index (χ3v) is 8.11. The second-order valence-electron chi connectivity index (χ2n) is 5.67. The average Bonchev–Trinajstić information content (AvgIpc) is 2.95. The van der Waals surface area contributed by atoms with E-state index in [9.17, 15) is 29.4 Å². The molecule has 2 aromatic heterocycles. The first-order valence-electron chi connectivity index (χ1n) is 7.28. The van der Waals surface area contributed by atoms with Crippen LogP contribution in [0.3, 0.4) is 0 Å². The highest BCUT2D eigenvalue weighted by Crippen LogP contribution is 2.68. The largest absolute Gasteiger partial charge is 0.478 e. The Morgan fingerprint density at radius 1 is 0.962 bits per heavy atom. The van der Waals surface area contributed by atoms with Gasteiger partial charge in [0, 0.05) is 4.88 Å². The van der Waals surface area contributed by atoms with Gasteiger partial charge < -0.3 is 0 Å². The molecule has 0 amide bonds. The van der Waals surface area contributed by atoms with Crippen molar-refractivity contribution in [3.8, 4) is 10.4 Å². The van der Waals surface area contributed by atoms with Crippen molar-refractivity contribution in [2.24, 2.45) is 0 Å². The van der Waals surface area contributed by atoms with Crippen molar-refractivity contribution in [3.05, 3.63) is 42.2 Å². The lowest BCUT2D eigenvalue weighted by Crippen LogP contribution is -2.26. The molecule has 3 rings (SSSR count).